The molecule has 2 aromatic rings. The highest BCUT2D eigenvalue weighted by Gasteiger charge is 2.14. The molecule has 2 rings (SSSR count). The first-order chi connectivity index (χ1) is 8.61. The fourth-order valence-electron chi connectivity index (χ4n) is 1.89. The second-order valence-corrected chi connectivity index (χ2v) is 4.15. The zero-order valence-corrected chi connectivity index (χ0v) is 10.4. The van der Waals surface area contributed by atoms with Crippen LogP contribution in [0.15, 0.2) is 24.4 Å². The van der Waals surface area contributed by atoms with Crippen molar-refractivity contribution < 1.29 is 8.78 Å². The molecule has 5 heteroatoms. The molecule has 0 atom stereocenters. The minimum atomic E-state index is -0.461. The first-order valence-corrected chi connectivity index (χ1v) is 5.74. The van der Waals surface area contributed by atoms with Crippen molar-refractivity contribution in [2.24, 2.45) is 7.05 Å². The van der Waals surface area contributed by atoms with Crippen LogP contribution in [0.2, 0.25) is 0 Å². The standard InChI is InChI=1S/C13H15F2N3/c1-16-6-5-9-8-18(2)17-13(9)11-7-10(14)3-4-12(11)15/h3-4,7-8,16H,5-6H2,1-2H3. The molecule has 1 N–H and O–H groups in total. The molecular weight excluding hydrogens is 236 g/mol. The fraction of sp³-hybridized carbons (Fsp3) is 0.308. The molecule has 0 fully saturated rings. The van der Waals surface area contributed by atoms with Gasteiger partial charge in [-0.1, -0.05) is 0 Å². The van der Waals surface area contributed by atoms with E-state index in [0.717, 1.165) is 30.7 Å². The number of halogens is 2. The van der Waals surface area contributed by atoms with Crippen LogP contribution >= 0.6 is 0 Å². The van der Waals surface area contributed by atoms with Crippen molar-refractivity contribution in [1.82, 2.24) is 15.1 Å². The first-order valence-electron chi connectivity index (χ1n) is 5.74. The van der Waals surface area contributed by atoms with E-state index < -0.39 is 11.6 Å². The molecule has 0 bridgehead atoms. The lowest BCUT2D eigenvalue weighted by Crippen LogP contribution is -2.10. The Morgan fingerprint density at radius 3 is 2.83 bits per heavy atom. The maximum absolute atomic E-state index is 13.7. The third kappa shape index (κ3) is 2.56. The molecule has 0 aliphatic heterocycles. The van der Waals surface area contributed by atoms with Gasteiger partial charge >= 0.3 is 0 Å². The van der Waals surface area contributed by atoms with Crippen LogP contribution in [0.3, 0.4) is 0 Å². The number of hydrogen-bond donors (Lipinski definition) is 1. The summed E-state index contributed by atoms with van der Waals surface area (Å²) in [6.07, 6.45) is 2.55. The number of aryl methyl sites for hydroxylation is 1. The van der Waals surface area contributed by atoms with Gasteiger partial charge in [-0.2, -0.15) is 5.10 Å². The van der Waals surface area contributed by atoms with E-state index in [0.29, 0.717) is 5.69 Å². The van der Waals surface area contributed by atoms with Gasteiger partial charge in [-0.25, -0.2) is 8.78 Å². The van der Waals surface area contributed by atoms with Gasteiger partial charge in [0.15, 0.2) is 0 Å². The van der Waals surface area contributed by atoms with Crippen LogP contribution in [0.5, 0.6) is 0 Å². The summed E-state index contributed by atoms with van der Waals surface area (Å²) < 4.78 is 28.6. The van der Waals surface area contributed by atoms with E-state index in [4.69, 9.17) is 0 Å². The number of hydrogen-bond acceptors (Lipinski definition) is 2. The lowest BCUT2D eigenvalue weighted by molar-refractivity contribution is 0.602. The normalized spacial score (nSPS) is 10.9. The van der Waals surface area contributed by atoms with Gasteiger partial charge in [-0.05, 0) is 43.8 Å². The Labute approximate surface area is 104 Å². The lowest BCUT2D eigenvalue weighted by Gasteiger charge is -2.04. The highest BCUT2D eigenvalue weighted by atomic mass is 19.1. The largest absolute Gasteiger partial charge is 0.319 e. The zero-order valence-electron chi connectivity index (χ0n) is 10.4. The molecule has 0 aliphatic rings. The molecule has 0 aliphatic carbocycles. The van der Waals surface area contributed by atoms with Crippen molar-refractivity contribution in [3.05, 3.63) is 41.6 Å². The van der Waals surface area contributed by atoms with E-state index in [-0.39, 0.29) is 5.56 Å². The fourth-order valence-corrected chi connectivity index (χ4v) is 1.89. The average Bonchev–Trinajstić information content (AvgIpc) is 2.71. The van der Waals surface area contributed by atoms with Gasteiger partial charge in [0.25, 0.3) is 0 Å². The predicted octanol–water partition coefficient (Wildman–Crippen LogP) is 2.13. The summed E-state index contributed by atoms with van der Waals surface area (Å²) in [5.74, 6) is -0.919. The molecule has 0 unspecified atom stereocenters. The Balaban J connectivity index is 2.45. The first kappa shape index (κ1) is 12.7. The number of nitrogens with zero attached hydrogens (tertiary/aromatic N) is 2. The molecule has 1 aromatic heterocycles. The Morgan fingerprint density at radius 1 is 1.33 bits per heavy atom. The van der Waals surface area contributed by atoms with Gasteiger partial charge in [0, 0.05) is 18.8 Å². The molecule has 0 spiro atoms. The van der Waals surface area contributed by atoms with E-state index in [1.807, 2.05) is 13.2 Å². The van der Waals surface area contributed by atoms with Gasteiger partial charge in [-0.3, -0.25) is 4.68 Å². The van der Waals surface area contributed by atoms with Crippen molar-refractivity contribution in [1.29, 1.82) is 0 Å². The quantitative estimate of drug-likeness (QED) is 0.902. The van der Waals surface area contributed by atoms with E-state index in [1.54, 1.807) is 11.7 Å². The van der Waals surface area contributed by atoms with Crippen molar-refractivity contribution in [3.63, 3.8) is 0 Å². The molecule has 18 heavy (non-hydrogen) atoms. The average molecular weight is 251 g/mol. The van der Waals surface area contributed by atoms with E-state index in [1.165, 1.54) is 6.07 Å². The van der Waals surface area contributed by atoms with Crippen LogP contribution in [0.25, 0.3) is 11.3 Å². The molecule has 0 saturated heterocycles. The summed E-state index contributed by atoms with van der Waals surface area (Å²) in [6.45, 7) is 0.760. The Bertz CT molecular complexity index is 549. The van der Waals surface area contributed by atoms with Crippen LogP contribution in [-0.2, 0) is 13.5 Å². The topological polar surface area (TPSA) is 29.9 Å². The Kier molecular flexibility index (Phi) is 3.72. The zero-order chi connectivity index (χ0) is 13.1. The summed E-state index contributed by atoms with van der Waals surface area (Å²) >= 11 is 0. The summed E-state index contributed by atoms with van der Waals surface area (Å²) in [7, 11) is 3.61. The van der Waals surface area contributed by atoms with Crippen LogP contribution in [0.4, 0.5) is 8.78 Å². The molecule has 1 aromatic carbocycles. The van der Waals surface area contributed by atoms with E-state index in [9.17, 15) is 8.78 Å². The van der Waals surface area contributed by atoms with Crippen molar-refractivity contribution in [3.8, 4) is 11.3 Å². The molecule has 0 amide bonds. The molecule has 96 valence electrons. The molecule has 3 nitrogen and oxygen atoms in total. The third-order valence-corrected chi connectivity index (χ3v) is 2.73. The third-order valence-electron chi connectivity index (χ3n) is 2.73. The highest BCUT2D eigenvalue weighted by Crippen LogP contribution is 2.25. The van der Waals surface area contributed by atoms with Crippen LogP contribution in [0.1, 0.15) is 5.56 Å². The lowest BCUT2D eigenvalue weighted by atomic mass is 10.1. The molecular formula is C13H15F2N3. The van der Waals surface area contributed by atoms with Crippen LogP contribution in [0, 0.1) is 11.6 Å². The summed E-state index contributed by atoms with van der Waals surface area (Å²) in [5.41, 5.74) is 1.61. The van der Waals surface area contributed by atoms with E-state index >= 15 is 0 Å². The second-order valence-electron chi connectivity index (χ2n) is 4.15. The number of aromatic nitrogens is 2. The number of likely N-dealkylation sites (N-methyl/N-ethyl adjacent to an activating group) is 1. The maximum atomic E-state index is 13.7. The number of nitrogens with one attached hydrogen (secondary N) is 1. The smallest absolute Gasteiger partial charge is 0.132 e. The minimum absolute atomic E-state index is 0.210. The summed E-state index contributed by atoms with van der Waals surface area (Å²) in [4.78, 5) is 0. The van der Waals surface area contributed by atoms with Crippen molar-refractivity contribution in [2.75, 3.05) is 13.6 Å². The highest BCUT2D eigenvalue weighted by molar-refractivity contribution is 5.63. The SMILES string of the molecule is CNCCc1cn(C)nc1-c1cc(F)ccc1F. The van der Waals surface area contributed by atoms with Gasteiger partial charge in [0.2, 0.25) is 0 Å². The molecule has 0 radical (unpaired) electrons. The van der Waals surface area contributed by atoms with Gasteiger partial charge in [0.1, 0.15) is 11.6 Å². The predicted molar refractivity (Wildman–Crippen MR) is 66.2 cm³/mol. The number of benzene rings is 1. The monoisotopic (exact) mass is 251 g/mol. The summed E-state index contributed by atoms with van der Waals surface area (Å²) in [6, 6.07) is 3.41. The summed E-state index contributed by atoms with van der Waals surface area (Å²) in [5, 5.41) is 7.24. The van der Waals surface area contributed by atoms with Crippen molar-refractivity contribution in [2.45, 2.75) is 6.42 Å². The van der Waals surface area contributed by atoms with Crippen molar-refractivity contribution >= 4 is 0 Å². The second kappa shape index (κ2) is 5.27. The Hall–Kier alpha value is -1.75. The van der Waals surface area contributed by atoms with Gasteiger partial charge in [0.05, 0.1) is 5.69 Å². The number of rotatable bonds is 4. The maximum Gasteiger partial charge on any atom is 0.132 e. The van der Waals surface area contributed by atoms with E-state index in [2.05, 4.69) is 10.4 Å². The molecule has 1 heterocycles. The minimum Gasteiger partial charge on any atom is -0.319 e. The van der Waals surface area contributed by atoms with Crippen LogP contribution in [-0.4, -0.2) is 23.4 Å². The van der Waals surface area contributed by atoms with Gasteiger partial charge in [-0.15, -0.1) is 0 Å². The Morgan fingerprint density at radius 2 is 2.11 bits per heavy atom. The van der Waals surface area contributed by atoms with Crippen LogP contribution < -0.4 is 5.32 Å². The van der Waals surface area contributed by atoms with Gasteiger partial charge < -0.3 is 5.32 Å². The molecule has 0 saturated carbocycles.